The maximum atomic E-state index is 12.5. The second-order valence-corrected chi connectivity index (χ2v) is 6.89. The third kappa shape index (κ3) is 2.82. The van der Waals surface area contributed by atoms with Crippen LogP contribution < -0.4 is 5.84 Å². The van der Waals surface area contributed by atoms with E-state index in [1.807, 2.05) is 6.92 Å². The lowest BCUT2D eigenvalue weighted by Crippen LogP contribution is -2.40. The van der Waals surface area contributed by atoms with Gasteiger partial charge in [0.2, 0.25) is 6.29 Å². The summed E-state index contributed by atoms with van der Waals surface area (Å²) in [6.45, 7) is 1.83. The average Bonchev–Trinajstić information content (AvgIpc) is 2.74. The zero-order valence-electron chi connectivity index (χ0n) is 11.2. The number of carbonyl (C=O) groups excluding carboxylic acids is 1. The number of aryl methyl sites for hydroxylation is 1. The Labute approximate surface area is 130 Å². The number of hydrazine groups is 1. The van der Waals surface area contributed by atoms with E-state index in [0.29, 0.717) is 4.41 Å². The number of ether oxygens (including phenoxy) is 2. The van der Waals surface area contributed by atoms with Crippen LogP contribution in [0.3, 0.4) is 0 Å². The number of halogens is 1. The standard InChI is InChI=1S/C12H13BrN2O5S/c1-7-3-5-8(6-4-7)21(17,18)15(14)10-9(13)11(16)20-12(10)19-2/h3-6,12H,14H2,1-2H3/t12-/m0/s1. The lowest BCUT2D eigenvalue weighted by atomic mass is 10.2. The van der Waals surface area contributed by atoms with Crippen molar-refractivity contribution in [3.05, 3.63) is 40.0 Å². The number of methoxy groups -OCH3 is 1. The number of benzene rings is 1. The van der Waals surface area contributed by atoms with Gasteiger partial charge in [0.15, 0.2) is 0 Å². The van der Waals surface area contributed by atoms with Gasteiger partial charge in [-0.2, -0.15) is 12.8 Å². The van der Waals surface area contributed by atoms with E-state index in [1.165, 1.54) is 19.2 Å². The molecule has 0 aromatic heterocycles. The Morgan fingerprint density at radius 1 is 1.33 bits per heavy atom. The van der Waals surface area contributed by atoms with E-state index < -0.39 is 22.3 Å². The molecular formula is C12H13BrN2O5S. The smallest absolute Gasteiger partial charge is 0.350 e. The minimum Gasteiger partial charge on any atom is -0.425 e. The van der Waals surface area contributed by atoms with E-state index in [1.54, 1.807) is 12.1 Å². The maximum Gasteiger partial charge on any atom is 0.350 e. The SMILES string of the molecule is CO[C@H]1OC(=O)C(Br)=C1N(N)S(=O)(=O)c1ccc(C)cc1. The van der Waals surface area contributed by atoms with Crippen LogP contribution in [0.15, 0.2) is 39.3 Å². The van der Waals surface area contributed by atoms with Crippen LogP contribution in [0.4, 0.5) is 0 Å². The van der Waals surface area contributed by atoms with E-state index in [4.69, 9.17) is 15.3 Å². The molecule has 1 atom stereocenters. The van der Waals surface area contributed by atoms with Crippen molar-refractivity contribution in [3.8, 4) is 0 Å². The van der Waals surface area contributed by atoms with E-state index in [2.05, 4.69) is 15.9 Å². The van der Waals surface area contributed by atoms with Gasteiger partial charge >= 0.3 is 5.97 Å². The summed E-state index contributed by atoms with van der Waals surface area (Å²) in [4.78, 5) is 11.5. The van der Waals surface area contributed by atoms with Gasteiger partial charge in [0.1, 0.15) is 10.2 Å². The summed E-state index contributed by atoms with van der Waals surface area (Å²) in [7, 11) is -2.75. The fourth-order valence-electron chi connectivity index (χ4n) is 1.73. The average molecular weight is 377 g/mol. The topological polar surface area (TPSA) is 98.9 Å². The molecular weight excluding hydrogens is 364 g/mol. The first kappa shape index (κ1) is 16.0. The highest BCUT2D eigenvalue weighted by Crippen LogP contribution is 2.31. The van der Waals surface area contributed by atoms with Gasteiger partial charge in [0.25, 0.3) is 10.0 Å². The molecule has 0 saturated heterocycles. The summed E-state index contributed by atoms with van der Waals surface area (Å²) < 4.78 is 35.1. The van der Waals surface area contributed by atoms with Crippen molar-refractivity contribution in [2.75, 3.05) is 7.11 Å². The van der Waals surface area contributed by atoms with Crippen LogP contribution in [0, 0.1) is 6.92 Å². The van der Waals surface area contributed by atoms with E-state index in [-0.39, 0.29) is 15.1 Å². The van der Waals surface area contributed by atoms with Crippen molar-refractivity contribution in [2.45, 2.75) is 18.1 Å². The zero-order valence-corrected chi connectivity index (χ0v) is 13.6. The molecule has 0 saturated carbocycles. The highest BCUT2D eigenvalue weighted by Gasteiger charge is 2.40. The van der Waals surface area contributed by atoms with Crippen LogP contribution >= 0.6 is 15.9 Å². The van der Waals surface area contributed by atoms with Gasteiger partial charge in [-0.25, -0.2) is 10.6 Å². The third-order valence-electron chi connectivity index (χ3n) is 2.87. The fraction of sp³-hybridized carbons (Fsp3) is 0.250. The molecule has 9 heteroatoms. The minimum absolute atomic E-state index is 0.00222. The normalized spacial score (nSPS) is 18.9. The molecule has 1 aromatic carbocycles. The van der Waals surface area contributed by atoms with Gasteiger partial charge in [-0.15, -0.1) is 0 Å². The fourth-order valence-corrected chi connectivity index (χ4v) is 3.46. The number of nitrogens with zero attached hydrogens (tertiary/aromatic N) is 1. The number of sulfonamides is 1. The summed E-state index contributed by atoms with van der Waals surface area (Å²) >= 11 is 2.97. The Hall–Kier alpha value is -1.42. The van der Waals surface area contributed by atoms with Crippen LogP contribution in [-0.4, -0.2) is 32.2 Å². The number of nitrogens with two attached hydrogens (primary N) is 1. The third-order valence-corrected chi connectivity index (χ3v) is 5.18. The molecule has 21 heavy (non-hydrogen) atoms. The Balaban J connectivity index is 2.45. The molecule has 0 spiro atoms. The molecule has 0 aliphatic carbocycles. The molecule has 0 amide bonds. The molecule has 0 radical (unpaired) electrons. The Kier molecular flexibility index (Phi) is 4.38. The van der Waals surface area contributed by atoms with Crippen LogP contribution in [0.25, 0.3) is 0 Å². The Morgan fingerprint density at radius 2 is 1.90 bits per heavy atom. The lowest BCUT2D eigenvalue weighted by molar-refractivity contribution is -0.156. The summed E-state index contributed by atoms with van der Waals surface area (Å²) in [5.41, 5.74) is 0.801. The van der Waals surface area contributed by atoms with Gasteiger partial charge in [-0.3, -0.25) is 0 Å². The second-order valence-electron chi connectivity index (χ2n) is 4.29. The highest BCUT2D eigenvalue weighted by atomic mass is 79.9. The molecule has 7 nitrogen and oxygen atoms in total. The molecule has 0 bridgehead atoms. The van der Waals surface area contributed by atoms with Crippen molar-refractivity contribution in [3.63, 3.8) is 0 Å². The van der Waals surface area contributed by atoms with Gasteiger partial charge < -0.3 is 9.47 Å². The van der Waals surface area contributed by atoms with E-state index in [0.717, 1.165) is 5.56 Å². The van der Waals surface area contributed by atoms with Crippen molar-refractivity contribution in [2.24, 2.45) is 5.84 Å². The summed E-state index contributed by atoms with van der Waals surface area (Å²) in [5, 5.41) is 0. The van der Waals surface area contributed by atoms with Gasteiger partial charge in [0.05, 0.1) is 4.90 Å². The van der Waals surface area contributed by atoms with Gasteiger partial charge in [0, 0.05) is 7.11 Å². The highest BCUT2D eigenvalue weighted by molar-refractivity contribution is 9.12. The van der Waals surface area contributed by atoms with Gasteiger partial charge in [-0.05, 0) is 35.0 Å². The predicted molar refractivity (Wildman–Crippen MR) is 77.2 cm³/mol. The molecule has 114 valence electrons. The monoisotopic (exact) mass is 376 g/mol. The quantitative estimate of drug-likeness (QED) is 0.478. The summed E-state index contributed by atoms with van der Waals surface area (Å²) in [6, 6.07) is 6.15. The maximum absolute atomic E-state index is 12.5. The molecule has 1 aromatic rings. The molecule has 0 fully saturated rings. The molecule has 1 heterocycles. The van der Waals surface area contributed by atoms with Crippen LogP contribution in [0.2, 0.25) is 0 Å². The molecule has 2 rings (SSSR count). The number of rotatable bonds is 4. The summed E-state index contributed by atoms with van der Waals surface area (Å²) in [5.74, 6) is 4.95. The minimum atomic E-state index is -4.03. The zero-order chi connectivity index (χ0) is 15.8. The molecule has 1 aliphatic rings. The van der Waals surface area contributed by atoms with Crippen molar-refractivity contribution in [1.82, 2.24) is 4.41 Å². The van der Waals surface area contributed by atoms with Crippen molar-refractivity contribution < 1.29 is 22.7 Å². The second kappa shape index (κ2) is 5.76. The van der Waals surface area contributed by atoms with Crippen molar-refractivity contribution >= 4 is 31.9 Å². The molecule has 2 N–H and O–H groups in total. The number of esters is 1. The first-order valence-electron chi connectivity index (χ1n) is 5.79. The number of cyclic esters (lactones) is 1. The Bertz CT molecular complexity index is 699. The van der Waals surface area contributed by atoms with Gasteiger partial charge in [-0.1, -0.05) is 17.7 Å². The lowest BCUT2D eigenvalue weighted by Gasteiger charge is -2.22. The first-order chi connectivity index (χ1) is 9.78. The Morgan fingerprint density at radius 3 is 2.43 bits per heavy atom. The van der Waals surface area contributed by atoms with Crippen molar-refractivity contribution in [1.29, 1.82) is 0 Å². The summed E-state index contributed by atoms with van der Waals surface area (Å²) in [6.07, 6.45) is -1.18. The largest absolute Gasteiger partial charge is 0.425 e. The van der Waals surface area contributed by atoms with Crippen LogP contribution in [-0.2, 0) is 24.3 Å². The molecule has 0 unspecified atom stereocenters. The number of hydrogen-bond acceptors (Lipinski definition) is 6. The molecule has 1 aliphatic heterocycles. The first-order valence-corrected chi connectivity index (χ1v) is 8.02. The van der Waals surface area contributed by atoms with Crippen LogP contribution in [0.5, 0.6) is 0 Å². The van der Waals surface area contributed by atoms with E-state index >= 15 is 0 Å². The number of hydrogen-bond donors (Lipinski definition) is 1. The van der Waals surface area contributed by atoms with E-state index in [9.17, 15) is 13.2 Å². The van der Waals surface area contributed by atoms with Crippen LogP contribution in [0.1, 0.15) is 5.56 Å². The number of carbonyl (C=O) groups is 1. The predicted octanol–water partition coefficient (Wildman–Crippen LogP) is 0.995.